The van der Waals surface area contributed by atoms with Crippen LogP contribution in [0.4, 0.5) is 0 Å². The number of carboxylic acids is 1. The summed E-state index contributed by atoms with van der Waals surface area (Å²) in [6.45, 7) is 2.08. The Kier molecular flexibility index (Phi) is 3.24. The molecule has 2 nitrogen and oxygen atoms in total. The molecule has 86 valence electrons. The highest BCUT2D eigenvalue weighted by Crippen LogP contribution is 2.14. The van der Waals surface area contributed by atoms with Crippen molar-refractivity contribution in [1.82, 2.24) is 0 Å². The van der Waals surface area contributed by atoms with E-state index in [1.165, 1.54) is 11.1 Å². The Balaban J connectivity index is 2.20. The van der Waals surface area contributed by atoms with Crippen molar-refractivity contribution in [3.8, 4) is 0 Å². The molecule has 2 rings (SSSR count). The maximum Gasteiger partial charge on any atom is 0.335 e. The molecule has 0 aromatic heterocycles. The Morgan fingerprint density at radius 1 is 1.06 bits per heavy atom. The zero-order valence-electron chi connectivity index (χ0n) is 9.68. The van der Waals surface area contributed by atoms with Crippen LogP contribution in [0.2, 0.25) is 0 Å². The van der Waals surface area contributed by atoms with E-state index in [1.54, 1.807) is 12.1 Å². The molecule has 0 bridgehead atoms. The number of hydrogen-bond acceptors (Lipinski definition) is 1. The zero-order valence-corrected chi connectivity index (χ0v) is 9.68. The Labute approximate surface area is 101 Å². The van der Waals surface area contributed by atoms with Crippen LogP contribution in [0.3, 0.4) is 0 Å². The molecular weight excluding hydrogens is 212 g/mol. The number of aromatic carboxylic acids is 1. The monoisotopic (exact) mass is 226 g/mol. The van der Waals surface area contributed by atoms with Crippen molar-refractivity contribution in [1.29, 1.82) is 0 Å². The van der Waals surface area contributed by atoms with E-state index < -0.39 is 5.97 Å². The largest absolute Gasteiger partial charge is 0.478 e. The number of hydrogen-bond donors (Lipinski definition) is 1. The van der Waals surface area contributed by atoms with Gasteiger partial charge in [-0.05, 0) is 42.2 Å². The Bertz CT molecular complexity index is 527. The predicted molar refractivity (Wildman–Crippen MR) is 67.4 cm³/mol. The van der Waals surface area contributed by atoms with E-state index in [4.69, 9.17) is 5.11 Å². The maximum absolute atomic E-state index is 10.7. The van der Waals surface area contributed by atoms with Crippen LogP contribution in [-0.4, -0.2) is 11.1 Å². The van der Waals surface area contributed by atoms with E-state index >= 15 is 0 Å². The van der Waals surface area contributed by atoms with Gasteiger partial charge in [0, 0.05) is 0 Å². The lowest BCUT2D eigenvalue weighted by atomic mass is 10.00. The first-order chi connectivity index (χ1) is 8.16. The lowest BCUT2D eigenvalue weighted by Crippen LogP contribution is -1.97. The molecule has 0 saturated heterocycles. The summed E-state index contributed by atoms with van der Waals surface area (Å²) in [6.07, 6.45) is 0.840. The number of benzene rings is 2. The first-order valence-corrected chi connectivity index (χ1v) is 5.53. The van der Waals surface area contributed by atoms with Gasteiger partial charge in [0.1, 0.15) is 0 Å². The normalized spacial score (nSPS) is 10.2. The Hall–Kier alpha value is -2.09. The third-order valence-corrected chi connectivity index (χ3v) is 2.86. The van der Waals surface area contributed by atoms with Crippen LogP contribution in [-0.2, 0) is 6.42 Å². The molecule has 0 spiro atoms. The summed E-state index contributed by atoms with van der Waals surface area (Å²) in [5.41, 5.74) is 3.99. The third kappa shape index (κ3) is 2.72. The van der Waals surface area contributed by atoms with E-state index in [2.05, 4.69) is 19.1 Å². The van der Waals surface area contributed by atoms with Crippen LogP contribution >= 0.6 is 0 Å². The van der Waals surface area contributed by atoms with Gasteiger partial charge in [0.2, 0.25) is 0 Å². The first kappa shape index (κ1) is 11.4. The molecule has 2 aromatic carbocycles. The summed E-state index contributed by atoms with van der Waals surface area (Å²) < 4.78 is 0. The average molecular weight is 226 g/mol. The highest BCUT2D eigenvalue weighted by Gasteiger charge is 2.03. The van der Waals surface area contributed by atoms with Crippen LogP contribution in [0.5, 0.6) is 0 Å². The van der Waals surface area contributed by atoms with Gasteiger partial charge in [-0.1, -0.05) is 36.4 Å². The van der Waals surface area contributed by atoms with Gasteiger partial charge in [0.15, 0.2) is 0 Å². The number of carbonyl (C=O) groups is 1. The van der Waals surface area contributed by atoms with Gasteiger partial charge < -0.3 is 5.11 Å². The average Bonchev–Trinajstić information content (AvgIpc) is 2.33. The van der Waals surface area contributed by atoms with Crippen LogP contribution < -0.4 is 0 Å². The van der Waals surface area contributed by atoms with E-state index in [0.29, 0.717) is 5.56 Å². The van der Waals surface area contributed by atoms with Crippen molar-refractivity contribution in [2.45, 2.75) is 13.3 Å². The molecule has 0 atom stereocenters. The van der Waals surface area contributed by atoms with Crippen molar-refractivity contribution in [2.75, 3.05) is 0 Å². The van der Waals surface area contributed by atoms with Gasteiger partial charge in [0.25, 0.3) is 0 Å². The minimum Gasteiger partial charge on any atom is -0.478 e. The predicted octanol–water partition coefficient (Wildman–Crippen LogP) is 3.28. The lowest BCUT2D eigenvalue weighted by molar-refractivity contribution is 0.0697. The molecular formula is C15H14O2. The highest BCUT2D eigenvalue weighted by molar-refractivity contribution is 5.87. The standard InChI is InChI=1S/C15H14O2/c1-11-4-2-3-5-14(11)10-12-6-8-13(9-7-12)15(16)17/h2-9H,10H2,1H3,(H,16,17). The Morgan fingerprint density at radius 2 is 1.71 bits per heavy atom. The van der Waals surface area contributed by atoms with Gasteiger partial charge in [-0.25, -0.2) is 4.79 Å². The van der Waals surface area contributed by atoms with Crippen molar-refractivity contribution >= 4 is 5.97 Å². The molecule has 0 unspecified atom stereocenters. The molecule has 2 heteroatoms. The number of carboxylic acid groups (broad SMARTS) is 1. The second-order valence-corrected chi connectivity index (χ2v) is 4.11. The summed E-state index contributed by atoms with van der Waals surface area (Å²) in [5.74, 6) is -0.882. The first-order valence-electron chi connectivity index (χ1n) is 5.53. The Morgan fingerprint density at radius 3 is 2.29 bits per heavy atom. The second kappa shape index (κ2) is 4.83. The molecule has 0 aliphatic heterocycles. The molecule has 0 amide bonds. The molecule has 0 saturated carbocycles. The topological polar surface area (TPSA) is 37.3 Å². The summed E-state index contributed by atoms with van der Waals surface area (Å²) in [7, 11) is 0. The van der Waals surface area contributed by atoms with Crippen LogP contribution in [0, 0.1) is 6.92 Å². The third-order valence-electron chi connectivity index (χ3n) is 2.86. The molecule has 17 heavy (non-hydrogen) atoms. The SMILES string of the molecule is Cc1ccccc1Cc1ccc(C(=O)O)cc1. The summed E-state index contributed by atoms with van der Waals surface area (Å²) in [6, 6.07) is 15.3. The van der Waals surface area contributed by atoms with Gasteiger partial charge in [-0.2, -0.15) is 0 Å². The van der Waals surface area contributed by atoms with Crippen LogP contribution in [0.25, 0.3) is 0 Å². The molecule has 2 aromatic rings. The molecule has 1 N–H and O–H groups in total. The van der Waals surface area contributed by atoms with E-state index in [-0.39, 0.29) is 0 Å². The molecule has 0 fully saturated rings. The molecule has 0 radical (unpaired) electrons. The van der Waals surface area contributed by atoms with Crippen LogP contribution in [0.1, 0.15) is 27.0 Å². The van der Waals surface area contributed by atoms with Crippen molar-refractivity contribution in [3.63, 3.8) is 0 Å². The second-order valence-electron chi connectivity index (χ2n) is 4.11. The summed E-state index contributed by atoms with van der Waals surface area (Å²) in [4.78, 5) is 10.7. The fourth-order valence-corrected chi connectivity index (χ4v) is 1.79. The van der Waals surface area contributed by atoms with Gasteiger partial charge in [-0.3, -0.25) is 0 Å². The number of aryl methyl sites for hydroxylation is 1. The van der Waals surface area contributed by atoms with E-state index in [0.717, 1.165) is 12.0 Å². The van der Waals surface area contributed by atoms with Gasteiger partial charge in [0.05, 0.1) is 5.56 Å². The van der Waals surface area contributed by atoms with Crippen molar-refractivity contribution < 1.29 is 9.90 Å². The molecule has 0 aliphatic carbocycles. The molecule has 0 aliphatic rings. The zero-order chi connectivity index (χ0) is 12.3. The van der Waals surface area contributed by atoms with Crippen molar-refractivity contribution in [3.05, 3.63) is 70.8 Å². The number of rotatable bonds is 3. The summed E-state index contributed by atoms with van der Waals surface area (Å²) in [5, 5.41) is 8.81. The maximum atomic E-state index is 10.7. The van der Waals surface area contributed by atoms with E-state index in [9.17, 15) is 4.79 Å². The highest BCUT2D eigenvalue weighted by atomic mass is 16.4. The fourth-order valence-electron chi connectivity index (χ4n) is 1.79. The van der Waals surface area contributed by atoms with E-state index in [1.807, 2.05) is 24.3 Å². The quantitative estimate of drug-likeness (QED) is 0.872. The van der Waals surface area contributed by atoms with Crippen molar-refractivity contribution in [2.24, 2.45) is 0 Å². The lowest BCUT2D eigenvalue weighted by Gasteiger charge is -2.05. The van der Waals surface area contributed by atoms with Gasteiger partial charge in [-0.15, -0.1) is 0 Å². The van der Waals surface area contributed by atoms with Gasteiger partial charge >= 0.3 is 5.97 Å². The summed E-state index contributed by atoms with van der Waals surface area (Å²) >= 11 is 0. The minimum atomic E-state index is -0.882. The van der Waals surface area contributed by atoms with Crippen LogP contribution in [0.15, 0.2) is 48.5 Å². The molecule has 0 heterocycles. The minimum absolute atomic E-state index is 0.332. The smallest absolute Gasteiger partial charge is 0.335 e. The fraction of sp³-hybridized carbons (Fsp3) is 0.133.